The second kappa shape index (κ2) is 3.66. The number of aromatic hydroxyl groups is 1. The van der Waals surface area contributed by atoms with Crippen molar-refractivity contribution in [3.8, 4) is 17.2 Å². The van der Waals surface area contributed by atoms with Crippen molar-refractivity contribution in [3.63, 3.8) is 0 Å². The predicted molar refractivity (Wildman–Crippen MR) is 78.4 cm³/mol. The largest absolute Gasteiger partial charge is 0.504 e. The van der Waals surface area contributed by atoms with Crippen LogP contribution in [0.2, 0.25) is 0 Å². The van der Waals surface area contributed by atoms with E-state index in [0.29, 0.717) is 25.0 Å². The number of nitrogens with zero attached hydrogens (tertiary/aromatic N) is 1. The first-order valence-corrected chi connectivity index (χ1v) is 7.98. The molecule has 0 aromatic heterocycles. The number of phenols is 1. The summed E-state index contributed by atoms with van der Waals surface area (Å²) in [5.74, 6) is 1.70. The highest BCUT2D eigenvalue weighted by molar-refractivity contribution is 5.83. The summed E-state index contributed by atoms with van der Waals surface area (Å²) in [6, 6.07) is 1.76. The van der Waals surface area contributed by atoms with Gasteiger partial charge in [-0.1, -0.05) is 0 Å². The normalized spacial score (nSPS) is 38.6. The molecule has 0 amide bonds. The molecule has 2 N–H and O–H groups in total. The highest BCUT2D eigenvalue weighted by Gasteiger charge is 2.65. The lowest BCUT2D eigenvalue weighted by Gasteiger charge is -2.62. The summed E-state index contributed by atoms with van der Waals surface area (Å²) in [5, 5.41) is 21.7. The van der Waals surface area contributed by atoms with E-state index in [2.05, 4.69) is 4.90 Å². The van der Waals surface area contributed by atoms with Gasteiger partial charge in [-0.2, -0.15) is 0 Å². The van der Waals surface area contributed by atoms with E-state index in [4.69, 9.17) is 4.74 Å². The molecule has 2 aliphatic heterocycles. The van der Waals surface area contributed by atoms with Gasteiger partial charge in [0.15, 0.2) is 11.5 Å². The van der Waals surface area contributed by atoms with Gasteiger partial charge < -0.3 is 19.8 Å². The van der Waals surface area contributed by atoms with Crippen LogP contribution in [0.3, 0.4) is 0 Å². The van der Waals surface area contributed by atoms with Crippen LogP contribution in [0.5, 0.6) is 17.2 Å². The number of rotatable bonds is 0. The molecular weight excluding hydrogens is 282 g/mol. The van der Waals surface area contributed by atoms with Crippen molar-refractivity contribution in [2.24, 2.45) is 0 Å². The lowest BCUT2D eigenvalue weighted by Crippen LogP contribution is -2.72. The van der Waals surface area contributed by atoms with E-state index in [1.807, 2.05) is 7.05 Å². The molecule has 0 radical (unpaired) electrons. The number of ketones is 1. The van der Waals surface area contributed by atoms with E-state index in [-0.39, 0.29) is 17.6 Å². The Bertz CT molecular complexity index is 730. The van der Waals surface area contributed by atoms with Crippen molar-refractivity contribution >= 4 is 5.78 Å². The van der Waals surface area contributed by atoms with E-state index in [0.717, 1.165) is 36.3 Å². The standard InChI is InChI=1S/C17H19NO4/c1-18-5-4-16-8-9(19)2-3-17(16,21)13(18)6-10-11(16)7-12(20)15-14(10)22-15/h7,13,20-21H,2-6,8H2,1H3/t13?,16-,17?/m1/s1. The third-order valence-electron chi connectivity index (χ3n) is 6.48. The molecule has 2 heterocycles. The number of carbonyl (C=O) groups is 1. The highest BCUT2D eigenvalue weighted by atomic mass is 16.6. The van der Waals surface area contributed by atoms with E-state index in [9.17, 15) is 15.0 Å². The minimum Gasteiger partial charge on any atom is -0.504 e. The average Bonchev–Trinajstić information content (AvgIpc) is 3.26. The zero-order chi connectivity index (χ0) is 15.3. The first kappa shape index (κ1) is 12.9. The number of phenolic OH excluding ortho intramolecular Hbond substituents is 1. The molecule has 5 heteroatoms. The monoisotopic (exact) mass is 301 g/mol. The molecule has 22 heavy (non-hydrogen) atoms. The number of hydrogen-bond donors (Lipinski definition) is 2. The summed E-state index contributed by atoms with van der Waals surface area (Å²) in [5.41, 5.74) is 0.576. The SMILES string of the molecule is CN1CC[C@]23CC(=O)CCC2(O)C1Cc1c3cc(O)c2c1O2. The van der Waals surface area contributed by atoms with Crippen LogP contribution >= 0.6 is 0 Å². The maximum absolute atomic E-state index is 12.2. The number of likely N-dealkylation sites (tertiary alicyclic amines) is 1. The first-order valence-electron chi connectivity index (χ1n) is 7.98. The summed E-state index contributed by atoms with van der Waals surface area (Å²) < 4.78 is 5.47. The lowest BCUT2D eigenvalue weighted by molar-refractivity contribution is -0.168. The van der Waals surface area contributed by atoms with Gasteiger partial charge in [-0.3, -0.25) is 4.79 Å². The number of likely N-dealkylation sites (N-methyl/N-ethyl adjacent to an activating group) is 1. The quantitative estimate of drug-likeness (QED) is 0.721. The Balaban J connectivity index is 1.80. The average molecular weight is 301 g/mol. The van der Waals surface area contributed by atoms with E-state index in [1.54, 1.807) is 6.07 Å². The van der Waals surface area contributed by atoms with Crippen molar-refractivity contribution in [1.82, 2.24) is 4.90 Å². The Morgan fingerprint density at radius 1 is 1.36 bits per heavy atom. The molecule has 2 bridgehead atoms. The van der Waals surface area contributed by atoms with Crippen molar-refractivity contribution in [3.05, 3.63) is 17.2 Å². The molecule has 1 aromatic rings. The fraction of sp³-hybridized carbons (Fsp3) is 0.588. The van der Waals surface area contributed by atoms with Crippen LogP contribution in [0.4, 0.5) is 0 Å². The fourth-order valence-electron chi connectivity index (χ4n) is 5.29. The van der Waals surface area contributed by atoms with Gasteiger partial charge in [0, 0.05) is 29.9 Å². The predicted octanol–water partition coefficient (Wildman–Crippen LogP) is 1.48. The molecule has 116 valence electrons. The van der Waals surface area contributed by atoms with Crippen LogP contribution in [-0.4, -0.2) is 46.1 Å². The number of aliphatic hydroxyl groups is 1. The maximum atomic E-state index is 12.2. The zero-order valence-electron chi connectivity index (χ0n) is 12.6. The topological polar surface area (TPSA) is 73.3 Å². The van der Waals surface area contributed by atoms with Crippen molar-refractivity contribution < 1.29 is 19.7 Å². The molecule has 0 spiro atoms. The van der Waals surface area contributed by atoms with Crippen LogP contribution in [0, 0.1) is 0 Å². The number of Topliss-reactive ketones (excluding diaryl/α,β-unsaturated/α-hetero) is 1. The minimum atomic E-state index is -0.892. The van der Waals surface area contributed by atoms with Crippen molar-refractivity contribution in [2.45, 2.75) is 49.2 Å². The van der Waals surface area contributed by atoms with Crippen molar-refractivity contribution in [2.75, 3.05) is 13.6 Å². The van der Waals surface area contributed by atoms with Crippen LogP contribution in [0.1, 0.15) is 36.8 Å². The van der Waals surface area contributed by atoms with Gasteiger partial charge in [0.1, 0.15) is 5.78 Å². The molecule has 5 nitrogen and oxygen atoms in total. The fourth-order valence-corrected chi connectivity index (χ4v) is 5.29. The molecule has 1 saturated heterocycles. The Morgan fingerprint density at radius 3 is 3.00 bits per heavy atom. The summed E-state index contributed by atoms with van der Waals surface area (Å²) in [6.07, 6.45) is 2.80. The second-order valence-electron chi connectivity index (χ2n) is 7.35. The minimum absolute atomic E-state index is 0.0136. The van der Waals surface area contributed by atoms with Gasteiger partial charge in [-0.15, -0.1) is 0 Å². The van der Waals surface area contributed by atoms with Crippen LogP contribution in [-0.2, 0) is 16.6 Å². The van der Waals surface area contributed by atoms with Crippen molar-refractivity contribution in [1.29, 1.82) is 0 Å². The molecule has 2 aliphatic carbocycles. The molecule has 4 aliphatic rings. The molecule has 1 aromatic carbocycles. The number of hydrogen-bond acceptors (Lipinski definition) is 5. The zero-order valence-corrected chi connectivity index (χ0v) is 12.6. The van der Waals surface area contributed by atoms with E-state index in [1.165, 1.54) is 0 Å². The van der Waals surface area contributed by atoms with Crippen LogP contribution in [0.25, 0.3) is 0 Å². The van der Waals surface area contributed by atoms with Crippen LogP contribution < -0.4 is 4.74 Å². The second-order valence-corrected chi connectivity index (χ2v) is 7.35. The Kier molecular flexibility index (Phi) is 2.15. The summed E-state index contributed by atoms with van der Waals surface area (Å²) >= 11 is 0. The Morgan fingerprint density at radius 2 is 2.18 bits per heavy atom. The summed E-state index contributed by atoms with van der Waals surface area (Å²) in [7, 11) is 2.05. The number of benzene rings is 1. The molecule has 1 saturated carbocycles. The highest BCUT2D eigenvalue weighted by Crippen LogP contribution is 2.64. The van der Waals surface area contributed by atoms with Gasteiger partial charge in [0.05, 0.1) is 5.60 Å². The smallest absolute Gasteiger partial charge is 0.211 e. The van der Waals surface area contributed by atoms with Gasteiger partial charge in [0.25, 0.3) is 0 Å². The van der Waals surface area contributed by atoms with Crippen LogP contribution in [0.15, 0.2) is 6.07 Å². The van der Waals surface area contributed by atoms with Gasteiger partial charge in [0.2, 0.25) is 5.75 Å². The number of piperidine rings is 1. The van der Waals surface area contributed by atoms with Gasteiger partial charge in [-0.05, 0) is 44.5 Å². The lowest BCUT2D eigenvalue weighted by atomic mass is 9.49. The molecule has 2 unspecified atom stereocenters. The molecular formula is C17H19NO4. The number of carbonyl (C=O) groups excluding carboxylic acids is 1. The number of ether oxygens (including phenoxy) is 1. The van der Waals surface area contributed by atoms with Gasteiger partial charge >= 0.3 is 0 Å². The van der Waals surface area contributed by atoms with E-state index >= 15 is 0 Å². The molecule has 2 fully saturated rings. The molecule has 3 atom stereocenters. The third-order valence-corrected chi connectivity index (χ3v) is 6.48. The van der Waals surface area contributed by atoms with Gasteiger partial charge in [-0.25, -0.2) is 0 Å². The molecule has 5 rings (SSSR count). The van der Waals surface area contributed by atoms with E-state index < -0.39 is 11.0 Å². The summed E-state index contributed by atoms with van der Waals surface area (Å²) in [6.45, 7) is 0.860. The summed E-state index contributed by atoms with van der Waals surface area (Å²) in [4.78, 5) is 14.4. The number of fused-ring (bicyclic) bond motifs is 3. The first-order chi connectivity index (χ1) is 10.5. The Hall–Kier alpha value is -1.59. The third kappa shape index (κ3) is 1.27. The Labute approximate surface area is 128 Å². The maximum Gasteiger partial charge on any atom is 0.211 e.